The highest BCUT2D eigenvalue weighted by molar-refractivity contribution is 5.82. The minimum Gasteiger partial charge on any atom is -0.368 e. The molecule has 0 aromatic rings. The molecule has 1 saturated carbocycles. The summed E-state index contributed by atoms with van der Waals surface area (Å²) in [6, 6.07) is -0.0412. The molecule has 0 radical (unpaired) electrons. The van der Waals surface area contributed by atoms with Crippen LogP contribution in [0, 0.1) is 0 Å². The normalized spacial score (nSPS) is 26.1. The third-order valence-electron chi connectivity index (χ3n) is 3.75. The third kappa shape index (κ3) is 3.43. The summed E-state index contributed by atoms with van der Waals surface area (Å²) in [6.07, 6.45) is 4.55. The lowest BCUT2D eigenvalue weighted by atomic mass is 10.1. The molecule has 2 rings (SSSR count). The summed E-state index contributed by atoms with van der Waals surface area (Å²) in [4.78, 5) is 25.1. The number of amides is 2. The second-order valence-electron chi connectivity index (χ2n) is 5.14. The number of piperazine rings is 1. The largest absolute Gasteiger partial charge is 0.368 e. The van der Waals surface area contributed by atoms with Gasteiger partial charge in [0.25, 0.3) is 0 Å². The first kappa shape index (κ1) is 13.3. The Hall–Kier alpha value is -1.14. The second-order valence-corrected chi connectivity index (χ2v) is 5.14. The maximum atomic E-state index is 11.9. The Kier molecular flexibility index (Phi) is 4.54. The van der Waals surface area contributed by atoms with E-state index in [-0.39, 0.29) is 24.4 Å². The Morgan fingerprint density at radius 2 is 2.06 bits per heavy atom. The van der Waals surface area contributed by atoms with Crippen molar-refractivity contribution in [3.63, 3.8) is 0 Å². The molecular formula is C12H22N4O2. The van der Waals surface area contributed by atoms with Crippen molar-refractivity contribution in [2.24, 2.45) is 5.73 Å². The molecule has 0 aromatic carbocycles. The van der Waals surface area contributed by atoms with Crippen molar-refractivity contribution in [3.05, 3.63) is 0 Å². The topological polar surface area (TPSA) is 87.5 Å². The first-order valence-corrected chi connectivity index (χ1v) is 6.70. The lowest BCUT2D eigenvalue weighted by molar-refractivity contribution is -0.127. The van der Waals surface area contributed by atoms with E-state index < -0.39 is 0 Å². The smallest absolute Gasteiger partial charge is 0.236 e. The molecule has 2 aliphatic rings. The predicted octanol–water partition coefficient (Wildman–Crippen LogP) is -1.20. The van der Waals surface area contributed by atoms with Crippen LogP contribution in [0.2, 0.25) is 0 Å². The molecule has 1 aliphatic carbocycles. The number of hydrogen-bond donors (Lipinski definition) is 3. The van der Waals surface area contributed by atoms with Crippen LogP contribution in [0.1, 0.15) is 25.7 Å². The van der Waals surface area contributed by atoms with Gasteiger partial charge < -0.3 is 16.4 Å². The monoisotopic (exact) mass is 254 g/mol. The zero-order chi connectivity index (χ0) is 13.0. The minimum atomic E-state index is -0.368. The highest BCUT2D eigenvalue weighted by Gasteiger charge is 2.28. The molecule has 0 aromatic heterocycles. The number of nitrogens with zero attached hydrogens (tertiary/aromatic N) is 1. The molecule has 18 heavy (non-hydrogen) atoms. The zero-order valence-electron chi connectivity index (χ0n) is 10.7. The molecule has 0 spiro atoms. The highest BCUT2D eigenvalue weighted by atomic mass is 16.2. The van der Waals surface area contributed by atoms with Crippen LogP contribution < -0.4 is 16.4 Å². The van der Waals surface area contributed by atoms with Crippen LogP contribution in [-0.2, 0) is 9.59 Å². The van der Waals surface area contributed by atoms with E-state index in [1.807, 2.05) is 4.90 Å². The molecule has 6 heteroatoms. The average molecular weight is 254 g/mol. The SMILES string of the molecule is NC(=O)C1CNCCN1CC(=O)NC1CCCC1. The van der Waals surface area contributed by atoms with Gasteiger partial charge in [0, 0.05) is 25.7 Å². The van der Waals surface area contributed by atoms with Gasteiger partial charge in [0.05, 0.1) is 6.54 Å². The number of carbonyl (C=O) groups is 2. The summed E-state index contributed by atoms with van der Waals surface area (Å²) in [7, 11) is 0. The molecule has 1 saturated heterocycles. The Morgan fingerprint density at radius 3 is 2.72 bits per heavy atom. The van der Waals surface area contributed by atoms with E-state index in [9.17, 15) is 9.59 Å². The van der Waals surface area contributed by atoms with Gasteiger partial charge in [-0.15, -0.1) is 0 Å². The Balaban J connectivity index is 1.82. The van der Waals surface area contributed by atoms with Crippen LogP contribution in [0.15, 0.2) is 0 Å². The number of nitrogens with two attached hydrogens (primary N) is 1. The maximum absolute atomic E-state index is 11.9. The number of primary amides is 1. The molecule has 1 aliphatic heterocycles. The summed E-state index contributed by atoms with van der Waals surface area (Å²) >= 11 is 0. The van der Waals surface area contributed by atoms with Crippen LogP contribution in [0.25, 0.3) is 0 Å². The average Bonchev–Trinajstić information content (AvgIpc) is 2.82. The summed E-state index contributed by atoms with van der Waals surface area (Å²) in [5.74, 6) is -0.356. The van der Waals surface area contributed by atoms with Crippen molar-refractivity contribution in [2.75, 3.05) is 26.2 Å². The van der Waals surface area contributed by atoms with Crippen LogP contribution in [0.5, 0.6) is 0 Å². The van der Waals surface area contributed by atoms with Crippen LogP contribution in [0.3, 0.4) is 0 Å². The Bertz CT molecular complexity index is 315. The van der Waals surface area contributed by atoms with Crippen molar-refractivity contribution in [1.82, 2.24) is 15.5 Å². The summed E-state index contributed by atoms with van der Waals surface area (Å²) in [5.41, 5.74) is 5.34. The van der Waals surface area contributed by atoms with Crippen LogP contribution in [0.4, 0.5) is 0 Å². The molecule has 1 atom stereocenters. The fraction of sp³-hybridized carbons (Fsp3) is 0.833. The number of rotatable bonds is 4. The van der Waals surface area contributed by atoms with Gasteiger partial charge in [-0.05, 0) is 12.8 Å². The first-order valence-electron chi connectivity index (χ1n) is 6.70. The lowest BCUT2D eigenvalue weighted by Crippen LogP contribution is -2.59. The molecular weight excluding hydrogens is 232 g/mol. The molecule has 6 nitrogen and oxygen atoms in total. The van der Waals surface area contributed by atoms with Gasteiger partial charge in [0.1, 0.15) is 6.04 Å². The van der Waals surface area contributed by atoms with Crippen molar-refractivity contribution < 1.29 is 9.59 Å². The van der Waals surface area contributed by atoms with Gasteiger partial charge in [-0.2, -0.15) is 0 Å². The number of hydrogen-bond acceptors (Lipinski definition) is 4. The highest BCUT2D eigenvalue weighted by Crippen LogP contribution is 2.17. The molecule has 102 valence electrons. The summed E-state index contributed by atoms with van der Waals surface area (Å²) in [5, 5.41) is 6.15. The molecule has 2 amide bonds. The van der Waals surface area contributed by atoms with Gasteiger partial charge >= 0.3 is 0 Å². The van der Waals surface area contributed by atoms with Crippen LogP contribution in [-0.4, -0.2) is 55.0 Å². The molecule has 2 fully saturated rings. The molecule has 1 unspecified atom stereocenters. The summed E-state index contributed by atoms with van der Waals surface area (Å²) in [6.45, 7) is 2.28. The van der Waals surface area contributed by atoms with Crippen molar-refractivity contribution in [3.8, 4) is 0 Å². The van der Waals surface area contributed by atoms with Gasteiger partial charge in [0.15, 0.2) is 0 Å². The van der Waals surface area contributed by atoms with Gasteiger partial charge in [-0.1, -0.05) is 12.8 Å². The quantitative estimate of drug-likeness (QED) is 0.588. The predicted molar refractivity (Wildman–Crippen MR) is 67.8 cm³/mol. The second kappa shape index (κ2) is 6.15. The van der Waals surface area contributed by atoms with E-state index in [1.54, 1.807) is 0 Å². The van der Waals surface area contributed by atoms with Gasteiger partial charge in [0.2, 0.25) is 11.8 Å². The van der Waals surface area contributed by atoms with E-state index in [1.165, 1.54) is 12.8 Å². The lowest BCUT2D eigenvalue weighted by Gasteiger charge is -2.33. The minimum absolute atomic E-state index is 0.00931. The third-order valence-corrected chi connectivity index (χ3v) is 3.75. The maximum Gasteiger partial charge on any atom is 0.236 e. The molecule has 4 N–H and O–H groups in total. The van der Waals surface area contributed by atoms with Crippen LogP contribution >= 0.6 is 0 Å². The van der Waals surface area contributed by atoms with E-state index >= 15 is 0 Å². The first-order chi connectivity index (χ1) is 8.66. The van der Waals surface area contributed by atoms with E-state index in [2.05, 4.69) is 10.6 Å². The standard InChI is InChI=1S/C12H22N4O2/c13-12(18)10-7-14-5-6-16(10)8-11(17)15-9-3-1-2-4-9/h9-10,14H,1-8H2,(H2,13,18)(H,15,17). The van der Waals surface area contributed by atoms with Gasteiger partial charge in [-0.25, -0.2) is 0 Å². The van der Waals surface area contributed by atoms with Gasteiger partial charge in [-0.3, -0.25) is 14.5 Å². The fourth-order valence-corrected chi connectivity index (χ4v) is 2.74. The molecule has 1 heterocycles. The Morgan fingerprint density at radius 1 is 1.33 bits per heavy atom. The number of carbonyl (C=O) groups excluding carboxylic acids is 2. The van der Waals surface area contributed by atoms with E-state index in [0.29, 0.717) is 19.1 Å². The van der Waals surface area contributed by atoms with E-state index in [0.717, 1.165) is 19.4 Å². The zero-order valence-corrected chi connectivity index (χ0v) is 10.7. The summed E-state index contributed by atoms with van der Waals surface area (Å²) < 4.78 is 0. The van der Waals surface area contributed by atoms with E-state index in [4.69, 9.17) is 5.73 Å². The fourth-order valence-electron chi connectivity index (χ4n) is 2.74. The number of nitrogens with one attached hydrogen (secondary N) is 2. The molecule has 0 bridgehead atoms. The Labute approximate surface area is 107 Å². The van der Waals surface area contributed by atoms with Crippen molar-refractivity contribution in [1.29, 1.82) is 0 Å². The van der Waals surface area contributed by atoms with Crippen molar-refractivity contribution in [2.45, 2.75) is 37.8 Å². The van der Waals surface area contributed by atoms with Crippen molar-refractivity contribution >= 4 is 11.8 Å².